The maximum Gasteiger partial charge on any atom is 0.0752 e. The molecule has 1 atom stereocenters. The first-order chi connectivity index (χ1) is 7.70. The fraction of sp³-hybridized carbons (Fsp3) is 0.400. The van der Waals surface area contributed by atoms with Crippen LogP contribution in [-0.2, 0) is 0 Å². The monoisotopic (exact) mass is 213 g/mol. The van der Waals surface area contributed by atoms with Crippen molar-refractivity contribution in [2.45, 2.75) is 39.2 Å². The Balaban J connectivity index is 2.17. The molecule has 16 heavy (non-hydrogen) atoms. The average molecular weight is 213 g/mol. The second kappa shape index (κ2) is 4.65. The Morgan fingerprint density at radius 2 is 2.06 bits per heavy atom. The van der Waals surface area contributed by atoms with E-state index in [2.05, 4.69) is 37.8 Å². The number of aliphatic imine (C=N–C) groups is 1. The van der Waals surface area contributed by atoms with Crippen molar-refractivity contribution < 1.29 is 0 Å². The zero-order valence-corrected chi connectivity index (χ0v) is 10.2. The number of hydrogen-bond donors (Lipinski definition) is 0. The van der Waals surface area contributed by atoms with Crippen LogP contribution in [0.25, 0.3) is 5.57 Å². The molecule has 2 rings (SSSR count). The minimum Gasteiger partial charge on any atom is -0.286 e. The van der Waals surface area contributed by atoms with Gasteiger partial charge in [-0.25, -0.2) is 0 Å². The molecule has 1 aliphatic heterocycles. The highest BCUT2D eigenvalue weighted by atomic mass is 14.8. The van der Waals surface area contributed by atoms with E-state index in [1.54, 1.807) is 0 Å². The van der Waals surface area contributed by atoms with Crippen molar-refractivity contribution in [3.8, 4) is 0 Å². The summed E-state index contributed by atoms with van der Waals surface area (Å²) in [5, 5.41) is 0. The largest absolute Gasteiger partial charge is 0.286 e. The summed E-state index contributed by atoms with van der Waals surface area (Å²) in [6.07, 6.45) is 3.44. The molecular formula is C15H19N. The predicted octanol–water partition coefficient (Wildman–Crippen LogP) is 4.41. The molecule has 0 radical (unpaired) electrons. The van der Waals surface area contributed by atoms with Crippen molar-refractivity contribution in [2.24, 2.45) is 4.99 Å². The molecule has 0 saturated carbocycles. The molecule has 1 aromatic rings. The van der Waals surface area contributed by atoms with Gasteiger partial charge in [0.05, 0.1) is 6.04 Å². The van der Waals surface area contributed by atoms with Gasteiger partial charge in [-0.3, -0.25) is 4.99 Å². The normalized spacial score (nSPS) is 19.6. The standard InChI is InChI=1S/C15H19N/c1-4-14-9-10-15(16-14)13-7-5-12(6-8-13)11(2)3/h5-8,15H,2,4,9-10H2,1,3H3/t15-/m0/s1. The second-order valence-corrected chi connectivity index (χ2v) is 4.51. The molecule has 0 bridgehead atoms. The topological polar surface area (TPSA) is 12.4 Å². The van der Waals surface area contributed by atoms with Crippen molar-refractivity contribution in [1.82, 2.24) is 0 Å². The van der Waals surface area contributed by atoms with Gasteiger partial charge in [0.25, 0.3) is 0 Å². The van der Waals surface area contributed by atoms with E-state index in [-0.39, 0.29) is 0 Å². The molecule has 0 spiro atoms. The molecule has 1 aromatic carbocycles. The molecule has 84 valence electrons. The van der Waals surface area contributed by atoms with Gasteiger partial charge in [0.15, 0.2) is 0 Å². The van der Waals surface area contributed by atoms with Gasteiger partial charge in [-0.1, -0.05) is 43.3 Å². The van der Waals surface area contributed by atoms with E-state index < -0.39 is 0 Å². The van der Waals surface area contributed by atoms with Gasteiger partial charge in [0.2, 0.25) is 0 Å². The van der Waals surface area contributed by atoms with Crippen LogP contribution in [0.5, 0.6) is 0 Å². The molecule has 1 heterocycles. The van der Waals surface area contributed by atoms with E-state index in [0.717, 1.165) is 12.0 Å². The smallest absolute Gasteiger partial charge is 0.0752 e. The molecule has 0 aromatic heterocycles. The maximum absolute atomic E-state index is 4.75. The van der Waals surface area contributed by atoms with E-state index in [1.807, 2.05) is 6.92 Å². The number of rotatable bonds is 3. The molecule has 0 aliphatic carbocycles. The van der Waals surface area contributed by atoms with E-state index in [9.17, 15) is 0 Å². The first kappa shape index (κ1) is 11.1. The fourth-order valence-corrected chi connectivity index (χ4v) is 2.15. The predicted molar refractivity (Wildman–Crippen MR) is 70.9 cm³/mol. The highest BCUT2D eigenvalue weighted by Gasteiger charge is 2.17. The van der Waals surface area contributed by atoms with Crippen LogP contribution in [0.15, 0.2) is 35.8 Å². The highest BCUT2D eigenvalue weighted by Crippen LogP contribution is 2.30. The van der Waals surface area contributed by atoms with Gasteiger partial charge in [-0.2, -0.15) is 0 Å². The lowest BCUT2D eigenvalue weighted by molar-refractivity contribution is 0.723. The fourth-order valence-electron chi connectivity index (χ4n) is 2.15. The Morgan fingerprint density at radius 1 is 1.38 bits per heavy atom. The van der Waals surface area contributed by atoms with Gasteiger partial charge < -0.3 is 0 Å². The summed E-state index contributed by atoms with van der Waals surface area (Å²) in [7, 11) is 0. The first-order valence-electron chi connectivity index (χ1n) is 6.02. The van der Waals surface area contributed by atoms with Crippen molar-refractivity contribution in [3.63, 3.8) is 0 Å². The maximum atomic E-state index is 4.75. The quantitative estimate of drug-likeness (QED) is 0.705. The lowest BCUT2D eigenvalue weighted by Gasteiger charge is -2.08. The molecule has 0 unspecified atom stereocenters. The third kappa shape index (κ3) is 2.24. The van der Waals surface area contributed by atoms with Crippen molar-refractivity contribution in [2.75, 3.05) is 0 Å². The van der Waals surface area contributed by atoms with Gasteiger partial charge in [-0.05, 0) is 37.3 Å². The minimum absolute atomic E-state index is 0.397. The molecule has 0 N–H and O–H groups in total. The molecular weight excluding hydrogens is 194 g/mol. The third-order valence-corrected chi connectivity index (χ3v) is 3.24. The number of nitrogens with zero attached hydrogens (tertiary/aromatic N) is 1. The summed E-state index contributed by atoms with van der Waals surface area (Å²) in [4.78, 5) is 4.75. The summed E-state index contributed by atoms with van der Waals surface area (Å²) < 4.78 is 0. The Kier molecular flexibility index (Phi) is 3.23. The zero-order valence-electron chi connectivity index (χ0n) is 10.2. The van der Waals surface area contributed by atoms with Crippen molar-refractivity contribution >= 4 is 11.3 Å². The first-order valence-corrected chi connectivity index (χ1v) is 6.02. The molecule has 1 nitrogen and oxygen atoms in total. The third-order valence-electron chi connectivity index (χ3n) is 3.24. The van der Waals surface area contributed by atoms with E-state index in [4.69, 9.17) is 4.99 Å². The molecule has 0 amide bonds. The van der Waals surface area contributed by atoms with Crippen LogP contribution >= 0.6 is 0 Å². The van der Waals surface area contributed by atoms with Crippen molar-refractivity contribution in [3.05, 3.63) is 42.0 Å². The van der Waals surface area contributed by atoms with Crippen molar-refractivity contribution in [1.29, 1.82) is 0 Å². The summed E-state index contributed by atoms with van der Waals surface area (Å²) in [5.74, 6) is 0. The summed E-state index contributed by atoms with van der Waals surface area (Å²) >= 11 is 0. The summed E-state index contributed by atoms with van der Waals surface area (Å²) in [6.45, 7) is 8.18. The van der Waals surface area contributed by atoms with Gasteiger partial charge in [0, 0.05) is 5.71 Å². The van der Waals surface area contributed by atoms with Crippen LogP contribution in [-0.4, -0.2) is 5.71 Å². The number of allylic oxidation sites excluding steroid dienone is 1. The van der Waals surface area contributed by atoms with E-state index in [0.29, 0.717) is 6.04 Å². The molecule has 0 saturated heterocycles. The molecule has 0 fully saturated rings. The zero-order chi connectivity index (χ0) is 11.5. The van der Waals surface area contributed by atoms with Gasteiger partial charge in [0.1, 0.15) is 0 Å². The van der Waals surface area contributed by atoms with E-state index in [1.165, 1.54) is 29.7 Å². The van der Waals surface area contributed by atoms with Crippen LogP contribution in [0, 0.1) is 0 Å². The number of hydrogen-bond acceptors (Lipinski definition) is 1. The summed E-state index contributed by atoms with van der Waals surface area (Å²) in [6, 6.07) is 9.08. The average Bonchev–Trinajstić information content (AvgIpc) is 2.77. The van der Waals surface area contributed by atoms with Gasteiger partial charge in [-0.15, -0.1) is 0 Å². The lowest BCUT2D eigenvalue weighted by Crippen LogP contribution is -1.90. The SMILES string of the molecule is C=C(C)c1ccc([C@@H]2CCC(CC)=N2)cc1. The highest BCUT2D eigenvalue weighted by molar-refractivity contribution is 5.86. The van der Waals surface area contributed by atoms with Crippen LogP contribution < -0.4 is 0 Å². The minimum atomic E-state index is 0.397. The van der Waals surface area contributed by atoms with Gasteiger partial charge >= 0.3 is 0 Å². The molecule has 1 heteroatoms. The van der Waals surface area contributed by atoms with Crippen LogP contribution in [0.4, 0.5) is 0 Å². The molecule has 1 aliphatic rings. The van der Waals surface area contributed by atoms with Crippen LogP contribution in [0.1, 0.15) is 50.3 Å². The lowest BCUT2D eigenvalue weighted by atomic mass is 10.0. The summed E-state index contributed by atoms with van der Waals surface area (Å²) in [5.41, 5.74) is 5.06. The Bertz CT molecular complexity index is 412. The Morgan fingerprint density at radius 3 is 2.56 bits per heavy atom. The number of benzene rings is 1. The Hall–Kier alpha value is -1.37. The van der Waals surface area contributed by atoms with Crippen LogP contribution in [0.2, 0.25) is 0 Å². The van der Waals surface area contributed by atoms with Crippen LogP contribution in [0.3, 0.4) is 0 Å². The second-order valence-electron chi connectivity index (χ2n) is 4.51. The Labute approximate surface area is 97.9 Å². The van der Waals surface area contributed by atoms with E-state index >= 15 is 0 Å².